The normalized spacial score (nSPS) is 14.3. The number of aryl methyl sites for hydroxylation is 3. The second-order valence-corrected chi connectivity index (χ2v) is 6.43. The van der Waals surface area contributed by atoms with Crippen molar-refractivity contribution in [1.82, 2.24) is 10.3 Å². The Balaban J connectivity index is 2.14. The Bertz CT molecular complexity index is 513. The fourth-order valence-corrected chi connectivity index (χ4v) is 3.18. The molecule has 0 radical (unpaired) electrons. The van der Waals surface area contributed by atoms with E-state index in [4.69, 9.17) is 4.98 Å². The highest BCUT2D eigenvalue weighted by Gasteiger charge is 2.28. The number of nitrogens with one attached hydrogen (secondary N) is 1. The van der Waals surface area contributed by atoms with Gasteiger partial charge in [0.1, 0.15) is 5.01 Å². The summed E-state index contributed by atoms with van der Waals surface area (Å²) in [5, 5.41) is 4.65. The molecule has 0 saturated carbocycles. The minimum absolute atomic E-state index is 0.0421. The second-order valence-electron chi connectivity index (χ2n) is 5.23. The lowest BCUT2D eigenvalue weighted by atomic mass is 9.94. The molecule has 0 aliphatic rings. The van der Waals surface area contributed by atoms with Crippen LogP contribution in [0.4, 0.5) is 0 Å². The molecule has 1 unspecified atom stereocenters. The summed E-state index contributed by atoms with van der Waals surface area (Å²) in [6.45, 7) is 6.47. The van der Waals surface area contributed by atoms with E-state index >= 15 is 0 Å². The molecule has 1 N–H and O–H groups in total. The highest BCUT2D eigenvalue weighted by Crippen LogP contribution is 2.31. The zero-order valence-electron chi connectivity index (χ0n) is 12.2. The number of hydrogen-bond acceptors (Lipinski definition) is 3. The Kier molecular flexibility index (Phi) is 4.38. The number of benzene rings is 1. The third-order valence-electron chi connectivity index (χ3n) is 3.81. The Morgan fingerprint density at radius 3 is 2.42 bits per heavy atom. The quantitative estimate of drug-likeness (QED) is 0.896. The molecule has 0 spiro atoms. The van der Waals surface area contributed by atoms with Gasteiger partial charge in [-0.15, -0.1) is 11.3 Å². The lowest BCUT2D eigenvalue weighted by Crippen LogP contribution is -2.37. The minimum atomic E-state index is -0.0421. The van der Waals surface area contributed by atoms with Crippen molar-refractivity contribution < 1.29 is 0 Å². The van der Waals surface area contributed by atoms with Crippen molar-refractivity contribution in [2.45, 2.75) is 39.2 Å². The van der Waals surface area contributed by atoms with Crippen molar-refractivity contribution >= 4 is 11.3 Å². The Morgan fingerprint density at radius 2 is 1.89 bits per heavy atom. The Hall–Kier alpha value is -1.19. The first-order chi connectivity index (χ1) is 9.05. The van der Waals surface area contributed by atoms with Crippen molar-refractivity contribution in [3.63, 3.8) is 0 Å². The highest BCUT2D eigenvalue weighted by atomic mass is 32.1. The number of hydrogen-bond donors (Lipinski definition) is 1. The maximum Gasteiger partial charge on any atom is 0.113 e. The maximum atomic E-state index is 4.72. The molecule has 3 heteroatoms. The molecule has 2 aromatic rings. The molecule has 0 fully saturated rings. The van der Waals surface area contributed by atoms with Crippen molar-refractivity contribution in [2.24, 2.45) is 0 Å². The SMILES string of the molecule is CNC(C)(CCc1ccccc1)c1nc(C)c(C)s1. The van der Waals surface area contributed by atoms with Gasteiger partial charge in [0, 0.05) is 4.88 Å². The number of aromatic nitrogens is 1. The van der Waals surface area contributed by atoms with Crippen LogP contribution in [0.1, 0.15) is 34.5 Å². The second kappa shape index (κ2) is 5.85. The zero-order valence-corrected chi connectivity index (χ0v) is 13.0. The Morgan fingerprint density at radius 1 is 1.21 bits per heavy atom. The standard InChI is InChI=1S/C16H22N2S/c1-12-13(2)19-15(18-12)16(3,17-4)11-10-14-8-6-5-7-9-14/h5-9,17H,10-11H2,1-4H3. The van der Waals surface area contributed by atoms with Crippen molar-refractivity contribution in [1.29, 1.82) is 0 Å². The number of nitrogens with zero attached hydrogens (tertiary/aromatic N) is 1. The van der Waals surface area contributed by atoms with E-state index in [1.54, 1.807) is 0 Å². The predicted octanol–water partition coefficient (Wildman–Crippen LogP) is 3.83. The smallest absolute Gasteiger partial charge is 0.113 e. The Labute approximate surface area is 119 Å². The first kappa shape index (κ1) is 14.2. The summed E-state index contributed by atoms with van der Waals surface area (Å²) < 4.78 is 0. The molecule has 1 atom stereocenters. The van der Waals surface area contributed by atoms with Gasteiger partial charge in [-0.1, -0.05) is 30.3 Å². The number of rotatable bonds is 5. The summed E-state index contributed by atoms with van der Waals surface area (Å²) in [5.41, 5.74) is 2.50. The first-order valence-electron chi connectivity index (χ1n) is 6.72. The molecular weight excluding hydrogens is 252 g/mol. The van der Waals surface area contributed by atoms with Gasteiger partial charge in [0.05, 0.1) is 11.2 Å². The van der Waals surface area contributed by atoms with E-state index in [0.717, 1.165) is 18.5 Å². The van der Waals surface area contributed by atoms with E-state index in [1.807, 2.05) is 18.4 Å². The van der Waals surface area contributed by atoms with E-state index in [1.165, 1.54) is 15.4 Å². The molecule has 1 aromatic carbocycles. The van der Waals surface area contributed by atoms with Crippen molar-refractivity contribution in [3.8, 4) is 0 Å². The summed E-state index contributed by atoms with van der Waals surface area (Å²) in [6.07, 6.45) is 2.12. The van der Waals surface area contributed by atoms with Gasteiger partial charge in [0.25, 0.3) is 0 Å². The average molecular weight is 274 g/mol. The topological polar surface area (TPSA) is 24.9 Å². The molecule has 2 rings (SSSR count). The molecule has 19 heavy (non-hydrogen) atoms. The monoisotopic (exact) mass is 274 g/mol. The molecule has 1 heterocycles. The predicted molar refractivity (Wildman–Crippen MR) is 82.8 cm³/mol. The molecule has 0 bridgehead atoms. The van der Waals surface area contributed by atoms with Crippen LogP contribution in [0.3, 0.4) is 0 Å². The summed E-state index contributed by atoms with van der Waals surface area (Å²) in [5.74, 6) is 0. The maximum absolute atomic E-state index is 4.72. The zero-order chi connectivity index (χ0) is 13.9. The van der Waals surface area contributed by atoms with E-state index in [-0.39, 0.29) is 5.54 Å². The van der Waals surface area contributed by atoms with Gasteiger partial charge in [-0.25, -0.2) is 4.98 Å². The fourth-order valence-electron chi connectivity index (χ4n) is 2.09. The minimum Gasteiger partial charge on any atom is -0.309 e. The van der Waals surface area contributed by atoms with Gasteiger partial charge in [-0.2, -0.15) is 0 Å². The van der Waals surface area contributed by atoms with Crippen molar-refractivity contribution in [3.05, 3.63) is 51.5 Å². The van der Waals surface area contributed by atoms with Gasteiger partial charge >= 0.3 is 0 Å². The van der Waals surface area contributed by atoms with E-state index in [0.29, 0.717) is 0 Å². The van der Waals surface area contributed by atoms with Gasteiger partial charge < -0.3 is 5.32 Å². The lowest BCUT2D eigenvalue weighted by Gasteiger charge is -2.27. The highest BCUT2D eigenvalue weighted by molar-refractivity contribution is 7.11. The molecule has 0 aliphatic carbocycles. The molecule has 0 aliphatic heterocycles. The van der Waals surface area contributed by atoms with Gasteiger partial charge in [-0.3, -0.25) is 0 Å². The summed E-state index contributed by atoms with van der Waals surface area (Å²) in [4.78, 5) is 6.04. The van der Waals surface area contributed by atoms with Crippen molar-refractivity contribution in [2.75, 3.05) is 7.05 Å². The third kappa shape index (κ3) is 3.23. The van der Waals surface area contributed by atoms with Crippen LogP contribution in [-0.4, -0.2) is 12.0 Å². The summed E-state index contributed by atoms with van der Waals surface area (Å²) in [7, 11) is 2.02. The van der Waals surface area contributed by atoms with Crippen LogP contribution < -0.4 is 5.32 Å². The average Bonchev–Trinajstić information content (AvgIpc) is 2.78. The van der Waals surface area contributed by atoms with Crippen LogP contribution in [-0.2, 0) is 12.0 Å². The molecule has 102 valence electrons. The van der Waals surface area contributed by atoms with Crippen LogP contribution >= 0.6 is 11.3 Å². The molecular formula is C16H22N2S. The van der Waals surface area contributed by atoms with E-state index in [2.05, 4.69) is 56.4 Å². The van der Waals surface area contributed by atoms with Crippen LogP contribution in [0, 0.1) is 13.8 Å². The number of thiazole rings is 1. The van der Waals surface area contributed by atoms with Crippen LogP contribution in [0.5, 0.6) is 0 Å². The van der Waals surface area contributed by atoms with E-state index < -0.39 is 0 Å². The third-order valence-corrected chi connectivity index (χ3v) is 5.15. The van der Waals surface area contributed by atoms with Crippen LogP contribution in [0.15, 0.2) is 30.3 Å². The molecule has 2 nitrogen and oxygen atoms in total. The van der Waals surface area contributed by atoms with Gasteiger partial charge in [0.2, 0.25) is 0 Å². The molecule has 0 amide bonds. The first-order valence-corrected chi connectivity index (χ1v) is 7.54. The van der Waals surface area contributed by atoms with Crippen LogP contribution in [0.2, 0.25) is 0 Å². The largest absolute Gasteiger partial charge is 0.309 e. The summed E-state index contributed by atoms with van der Waals surface area (Å²) >= 11 is 1.81. The molecule has 1 aromatic heterocycles. The van der Waals surface area contributed by atoms with Crippen LogP contribution in [0.25, 0.3) is 0 Å². The van der Waals surface area contributed by atoms with E-state index in [9.17, 15) is 0 Å². The lowest BCUT2D eigenvalue weighted by molar-refractivity contribution is 0.367. The van der Waals surface area contributed by atoms with Gasteiger partial charge in [0.15, 0.2) is 0 Å². The fraction of sp³-hybridized carbons (Fsp3) is 0.438. The molecule has 0 saturated heterocycles. The summed E-state index contributed by atoms with van der Waals surface area (Å²) in [6, 6.07) is 10.6. The van der Waals surface area contributed by atoms with Gasteiger partial charge in [-0.05, 0) is 46.2 Å².